The highest BCUT2D eigenvalue weighted by Gasteiger charge is 2.12. The Bertz CT molecular complexity index is 701. The van der Waals surface area contributed by atoms with Gasteiger partial charge in [0.2, 0.25) is 5.43 Å². The van der Waals surface area contributed by atoms with E-state index in [-0.39, 0.29) is 22.3 Å². The summed E-state index contributed by atoms with van der Waals surface area (Å²) in [5.74, 6) is -0.237. The van der Waals surface area contributed by atoms with Crippen molar-refractivity contribution in [1.82, 2.24) is 0 Å². The maximum Gasteiger partial charge on any atom is 0.308 e. The standard InChI is InChI=1S/C12H7BrO5/c1-6(15)18-11-3-10-8(2-9(11)13)12(16)7(4-14)5-17-10/h2-5H,1H3. The highest BCUT2D eigenvalue weighted by molar-refractivity contribution is 9.10. The molecule has 0 N–H and O–H groups in total. The first-order chi connectivity index (χ1) is 8.52. The SMILES string of the molecule is CC(=O)Oc1cc2occ(C=O)c(=O)c2cc1Br. The summed E-state index contributed by atoms with van der Waals surface area (Å²) in [5, 5.41) is 0.238. The molecule has 0 aliphatic carbocycles. The summed E-state index contributed by atoms with van der Waals surface area (Å²) < 4.78 is 10.5. The van der Waals surface area contributed by atoms with Crippen LogP contribution in [-0.2, 0) is 4.79 Å². The van der Waals surface area contributed by atoms with Crippen LogP contribution < -0.4 is 10.2 Å². The molecule has 0 radical (unpaired) electrons. The summed E-state index contributed by atoms with van der Waals surface area (Å²) in [7, 11) is 0. The molecule has 0 fully saturated rings. The first-order valence-corrected chi connectivity index (χ1v) is 5.71. The Labute approximate surface area is 109 Å². The number of ether oxygens (including phenoxy) is 1. The normalized spacial score (nSPS) is 10.3. The molecule has 0 saturated heterocycles. The van der Waals surface area contributed by atoms with Crippen molar-refractivity contribution in [3.63, 3.8) is 0 Å². The van der Waals surface area contributed by atoms with Crippen LogP contribution in [0.5, 0.6) is 5.75 Å². The molecule has 5 nitrogen and oxygen atoms in total. The van der Waals surface area contributed by atoms with Gasteiger partial charge in [-0.1, -0.05) is 0 Å². The van der Waals surface area contributed by atoms with Gasteiger partial charge < -0.3 is 9.15 Å². The minimum absolute atomic E-state index is 0.0605. The smallest absolute Gasteiger partial charge is 0.308 e. The molecule has 0 spiro atoms. The number of aldehydes is 1. The predicted octanol–water partition coefficient (Wildman–Crippen LogP) is 2.29. The highest BCUT2D eigenvalue weighted by atomic mass is 79.9. The Kier molecular flexibility index (Phi) is 3.29. The average Bonchev–Trinajstić information content (AvgIpc) is 2.31. The molecule has 0 amide bonds. The maximum absolute atomic E-state index is 11.8. The molecule has 2 aromatic rings. The summed E-state index contributed by atoms with van der Waals surface area (Å²) in [6.07, 6.45) is 1.50. The average molecular weight is 311 g/mol. The van der Waals surface area contributed by atoms with Crippen LogP contribution in [0.1, 0.15) is 17.3 Å². The van der Waals surface area contributed by atoms with Crippen molar-refractivity contribution in [2.24, 2.45) is 0 Å². The van der Waals surface area contributed by atoms with E-state index < -0.39 is 11.4 Å². The van der Waals surface area contributed by atoms with Crippen molar-refractivity contribution >= 4 is 39.2 Å². The molecular weight excluding hydrogens is 304 g/mol. The Balaban J connectivity index is 2.71. The topological polar surface area (TPSA) is 73.6 Å². The minimum Gasteiger partial charge on any atom is -0.463 e. The zero-order chi connectivity index (χ0) is 13.3. The van der Waals surface area contributed by atoms with E-state index in [4.69, 9.17) is 9.15 Å². The van der Waals surface area contributed by atoms with Gasteiger partial charge in [0.05, 0.1) is 15.4 Å². The van der Waals surface area contributed by atoms with Crippen LogP contribution in [-0.4, -0.2) is 12.3 Å². The first-order valence-electron chi connectivity index (χ1n) is 4.91. The molecule has 6 heteroatoms. The molecule has 0 aliphatic heterocycles. The van der Waals surface area contributed by atoms with Crippen molar-refractivity contribution in [3.8, 4) is 5.75 Å². The molecule has 18 heavy (non-hydrogen) atoms. The number of carbonyl (C=O) groups is 2. The van der Waals surface area contributed by atoms with Crippen LogP contribution in [0.25, 0.3) is 11.0 Å². The van der Waals surface area contributed by atoms with Gasteiger partial charge in [-0.2, -0.15) is 0 Å². The monoisotopic (exact) mass is 310 g/mol. The summed E-state index contributed by atoms with van der Waals surface area (Å²) in [6, 6.07) is 2.86. The van der Waals surface area contributed by atoms with Crippen molar-refractivity contribution < 1.29 is 18.7 Å². The van der Waals surface area contributed by atoms with Crippen LogP contribution >= 0.6 is 15.9 Å². The molecule has 92 valence electrons. The second kappa shape index (κ2) is 4.73. The van der Waals surface area contributed by atoms with Gasteiger partial charge >= 0.3 is 5.97 Å². The van der Waals surface area contributed by atoms with Gasteiger partial charge in [0.25, 0.3) is 0 Å². The van der Waals surface area contributed by atoms with Crippen LogP contribution in [0.3, 0.4) is 0 Å². The molecule has 0 bridgehead atoms. The summed E-state index contributed by atoms with van der Waals surface area (Å²) in [6.45, 7) is 1.27. The Morgan fingerprint density at radius 1 is 1.44 bits per heavy atom. The fraction of sp³-hybridized carbons (Fsp3) is 0.0833. The van der Waals surface area contributed by atoms with Crippen molar-refractivity contribution in [2.45, 2.75) is 6.92 Å². The molecule has 1 aromatic heterocycles. The zero-order valence-electron chi connectivity index (χ0n) is 9.23. The Hall–Kier alpha value is -1.95. The van der Waals surface area contributed by atoms with Crippen LogP contribution in [0.2, 0.25) is 0 Å². The largest absolute Gasteiger partial charge is 0.463 e. The molecule has 2 rings (SSSR count). The third-order valence-corrected chi connectivity index (χ3v) is 2.85. The summed E-state index contributed by atoms with van der Waals surface area (Å²) in [5.41, 5.74) is -0.249. The van der Waals surface area contributed by atoms with E-state index in [1.165, 1.54) is 19.1 Å². The van der Waals surface area contributed by atoms with Gasteiger partial charge in [0.1, 0.15) is 17.6 Å². The van der Waals surface area contributed by atoms with Gasteiger partial charge in [-0.05, 0) is 22.0 Å². The summed E-state index contributed by atoms with van der Waals surface area (Å²) >= 11 is 3.18. The number of benzene rings is 1. The van der Waals surface area contributed by atoms with Gasteiger partial charge in [-0.25, -0.2) is 0 Å². The van der Waals surface area contributed by atoms with E-state index in [0.717, 1.165) is 6.26 Å². The number of hydrogen-bond donors (Lipinski definition) is 0. The molecule has 0 saturated carbocycles. The first kappa shape index (κ1) is 12.5. The number of halogens is 1. The van der Waals surface area contributed by atoms with Gasteiger partial charge in [-0.15, -0.1) is 0 Å². The molecule has 0 aliphatic rings. The summed E-state index contributed by atoms with van der Waals surface area (Å²) in [4.78, 5) is 33.3. The third-order valence-electron chi connectivity index (χ3n) is 2.23. The minimum atomic E-state index is -0.484. The van der Waals surface area contributed by atoms with Gasteiger partial charge in [-0.3, -0.25) is 14.4 Å². The van der Waals surface area contributed by atoms with Crippen LogP contribution in [0.15, 0.2) is 32.1 Å². The van der Waals surface area contributed by atoms with Crippen LogP contribution in [0, 0.1) is 0 Å². The number of rotatable bonds is 2. The molecule has 1 heterocycles. The van der Waals surface area contributed by atoms with Crippen molar-refractivity contribution in [1.29, 1.82) is 0 Å². The van der Waals surface area contributed by atoms with E-state index >= 15 is 0 Å². The van der Waals surface area contributed by atoms with Crippen molar-refractivity contribution in [2.75, 3.05) is 0 Å². The second-order valence-electron chi connectivity index (χ2n) is 3.51. The maximum atomic E-state index is 11.8. The second-order valence-corrected chi connectivity index (χ2v) is 4.36. The Morgan fingerprint density at radius 3 is 2.78 bits per heavy atom. The van der Waals surface area contributed by atoms with E-state index in [9.17, 15) is 14.4 Å². The number of fused-ring (bicyclic) bond motifs is 1. The number of esters is 1. The number of carbonyl (C=O) groups excluding carboxylic acids is 2. The lowest BCUT2D eigenvalue weighted by Crippen LogP contribution is -2.08. The fourth-order valence-corrected chi connectivity index (χ4v) is 1.88. The van der Waals surface area contributed by atoms with E-state index in [1.807, 2.05) is 0 Å². The van der Waals surface area contributed by atoms with Gasteiger partial charge in [0, 0.05) is 13.0 Å². The zero-order valence-corrected chi connectivity index (χ0v) is 10.8. The van der Waals surface area contributed by atoms with Crippen molar-refractivity contribution in [3.05, 3.63) is 38.7 Å². The van der Waals surface area contributed by atoms with E-state index in [0.29, 0.717) is 10.8 Å². The van der Waals surface area contributed by atoms with Crippen LogP contribution in [0.4, 0.5) is 0 Å². The Morgan fingerprint density at radius 2 is 2.17 bits per heavy atom. The van der Waals surface area contributed by atoms with E-state index in [1.54, 1.807) is 0 Å². The highest BCUT2D eigenvalue weighted by Crippen LogP contribution is 2.29. The predicted molar refractivity (Wildman–Crippen MR) is 66.9 cm³/mol. The van der Waals surface area contributed by atoms with Gasteiger partial charge in [0.15, 0.2) is 6.29 Å². The molecule has 0 atom stereocenters. The lowest BCUT2D eigenvalue weighted by molar-refractivity contribution is -0.131. The quantitative estimate of drug-likeness (QED) is 0.483. The third kappa shape index (κ3) is 2.19. The lowest BCUT2D eigenvalue weighted by Gasteiger charge is -2.05. The molecule has 1 aromatic carbocycles. The molecule has 0 unspecified atom stereocenters. The number of hydrogen-bond acceptors (Lipinski definition) is 5. The molecular formula is C12H7BrO5. The van der Waals surface area contributed by atoms with E-state index in [2.05, 4.69) is 15.9 Å². The fourth-order valence-electron chi connectivity index (χ4n) is 1.46. The lowest BCUT2D eigenvalue weighted by atomic mass is 10.2.